The number of halogens is 1. The molecule has 0 saturated heterocycles. The number of fused-ring (bicyclic) bond motifs is 1. The van der Waals surface area contributed by atoms with Gasteiger partial charge in [-0.1, -0.05) is 11.6 Å². The van der Waals surface area contributed by atoms with E-state index in [0.29, 0.717) is 36.1 Å². The Morgan fingerprint density at radius 3 is 2.89 bits per heavy atom. The minimum absolute atomic E-state index is 0.135. The van der Waals surface area contributed by atoms with Crippen molar-refractivity contribution in [2.45, 2.75) is 19.3 Å². The molecule has 0 bridgehead atoms. The van der Waals surface area contributed by atoms with E-state index < -0.39 is 24.3 Å². The van der Waals surface area contributed by atoms with Crippen molar-refractivity contribution in [1.29, 1.82) is 5.26 Å². The summed E-state index contributed by atoms with van der Waals surface area (Å²) in [5, 5.41) is 11.6. The monoisotopic (exact) mass is 406 g/mol. The van der Waals surface area contributed by atoms with Crippen molar-refractivity contribution in [3.8, 4) is 17.6 Å². The van der Waals surface area contributed by atoms with Gasteiger partial charge in [-0.15, -0.1) is 11.3 Å². The lowest BCUT2D eigenvalue weighted by Crippen LogP contribution is -2.20. The second-order valence-corrected chi connectivity index (χ2v) is 7.06. The van der Waals surface area contributed by atoms with Crippen molar-refractivity contribution in [1.82, 2.24) is 4.98 Å². The molecule has 3 rings (SSSR count). The van der Waals surface area contributed by atoms with Crippen LogP contribution in [0, 0.1) is 18.3 Å². The van der Waals surface area contributed by atoms with Gasteiger partial charge in [0.05, 0.1) is 29.9 Å². The molecule has 7 nitrogen and oxygen atoms in total. The number of carbonyl (C=O) groups is 2. The zero-order valence-electron chi connectivity index (χ0n) is 14.4. The predicted octanol–water partition coefficient (Wildman–Crippen LogP) is 3.30. The van der Waals surface area contributed by atoms with Crippen LogP contribution in [0.1, 0.15) is 33.4 Å². The molecule has 1 aromatic heterocycles. The number of benzene rings is 1. The third kappa shape index (κ3) is 4.38. The molecule has 140 valence electrons. The number of Topliss-reactive ketones (excluding diaryl/α,β-unsaturated/α-hetero) is 1. The maximum Gasteiger partial charge on any atom is 0.338 e. The molecule has 1 aromatic carbocycles. The number of esters is 1. The van der Waals surface area contributed by atoms with Gasteiger partial charge in [-0.25, -0.2) is 9.78 Å². The van der Waals surface area contributed by atoms with Gasteiger partial charge in [-0.05, 0) is 19.1 Å². The number of ketones is 1. The minimum atomic E-state index is -1.07. The van der Waals surface area contributed by atoms with Gasteiger partial charge in [0, 0.05) is 17.5 Å². The average molecular weight is 407 g/mol. The number of nitriles is 1. The fourth-order valence-corrected chi connectivity index (χ4v) is 3.55. The van der Waals surface area contributed by atoms with Gasteiger partial charge in [0.15, 0.2) is 29.8 Å². The van der Waals surface area contributed by atoms with Crippen molar-refractivity contribution in [2.75, 3.05) is 19.8 Å². The molecule has 0 N–H and O–H groups in total. The average Bonchev–Trinajstić information content (AvgIpc) is 2.92. The molecule has 0 radical (unpaired) electrons. The number of hydrogen-bond donors (Lipinski definition) is 0. The predicted molar refractivity (Wildman–Crippen MR) is 97.6 cm³/mol. The molecular weight excluding hydrogens is 392 g/mol. The lowest BCUT2D eigenvalue weighted by Gasteiger charge is -2.11. The quantitative estimate of drug-likeness (QED) is 0.702. The Kier molecular flexibility index (Phi) is 5.94. The van der Waals surface area contributed by atoms with Gasteiger partial charge in [0.1, 0.15) is 5.01 Å². The normalized spacial score (nSPS) is 14.0. The standard InChI is InChI=1S/C18H15ClN2O5S/c1-10-9-27-17(21-10)12(7-20)14(22)8-26-18(23)11-5-13(19)16-15(6-11)24-3-2-4-25-16/h5-6,9,12H,2-4,8H2,1H3/t12-/m0/s1. The van der Waals surface area contributed by atoms with Gasteiger partial charge < -0.3 is 14.2 Å². The maximum absolute atomic E-state index is 12.3. The van der Waals surface area contributed by atoms with Gasteiger partial charge in [-0.3, -0.25) is 4.79 Å². The number of aryl methyl sites for hydroxylation is 1. The van der Waals surface area contributed by atoms with Crippen molar-refractivity contribution >= 4 is 34.7 Å². The lowest BCUT2D eigenvalue weighted by molar-refractivity contribution is -0.122. The van der Waals surface area contributed by atoms with Crippen LogP contribution in [0.3, 0.4) is 0 Å². The van der Waals surface area contributed by atoms with Crippen molar-refractivity contribution in [2.24, 2.45) is 0 Å². The Bertz CT molecular complexity index is 921. The summed E-state index contributed by atoms with van der Waals surface area (Å²) in [5.74, 6) is -1.62. The summed E-state index contributed by atoms with van der Waals surface area (Å²) < 4.78 is 16.1. The highest BCUT2D eigenvalue weighted by atomic mass is 35.5. The third-order valence-electron chi connectivity index (χ3n) is 3.72. The molecule has 0 spiro atoms. The van der Waals surface area contributed by atoms with Crippen LogP contribution in [-0.2, 0) is 9.53 Å². The summed E-state index contributed by atoms with van der Waals surface area (Å²) in [6.07, 6.45) is 0.699. The highest BCUT2D eigenvalue weighted by Crippen LogP contribution is 2.38. The summed E-state index contributed by atoms with van der Waals surface area (Å²) in [6.45, 7) is 2.14. The van der Waals surface area contributed by atoms with E-state index in [1.807, 2.05) is 6.07 Å². The molecule has 1 aliphatic rings. The number of nitrogens with zero attached hydrogens (tertiary/aromatic N) is 2. The molecule has 1 atom stereocenters. The van der Waals surface area contributed by atoms with E-state index in [9.17, 15) is 14.9 Å². The van der Waals surface area contributed by atoms with Crippen molar-refractivity contribution in [3.05, 3.63) is 38.8 Å². The van der Waals surface area contributed by atoms with E-state index in [0.717, 1.165) is 5.69 Å². The summed E-state index contributed by atoms with van der Waals surface area (Å²) in [7, 11) is 0. The smallest absolute Gasteiger partial charge is 0.338 e. The van der Waals surface area contributed by atoms with Gasteiger partial charge in [0.2, 0.25) is 0 Å². The molecule has 0 unspecified atom stereocenters. The summed E-state index contributed by atoms with van der Waals surface area (Å²) in [5.41, 5.74) is 0.859. The topological polar surface area (TPSA) is 98.5 Å². The van der Waals surface area contributed by atoms with E-state index in [1.54, 1.807) is 12.3 Å². The number of rotatable bonds is 5. The molecule has 27 heavy (non-hydrogen) atoms. The third-order valence-corrected chi connectivity index (χ3v) is 5.03. The van der Waals surface area contributed by atoms with Gasteiger partial charge in [-0.2, -0.15) is 5.26 Å². The van der Waals surface area contributed by atoms with Crippen LogP contribution in [0.5, 0.6) is 11.5 Å². The zero-order chi connectivity index (χ0) is 19.4. The number of ether oxygens (including phenoxy) is 3. The largest absolute Gasteiger partial charge is 0.489 e. The molecule has 1 aliphatic heterocycles. The molecule has 0 saturated carbocycles. The van der Waals surface area contributed by atoms with E-state index in [1.165, 1.54) is 23.5 Å². The summed E-state index contributed by atoms with van der Waals surface area (Å²) >= 11 is 7.37. The Balaban J connectivity index is 1.69. The van der Waals surface area contributed by atoms with Crippen molar-refractivity contribution in [3.63, 3.8) is 0 Å². The zero-order valence-corrected chi connectivity index (χ0v) is 15.9. The first-order valence-corrected chi connectivity index (χ1v) is 9.36. The Hall–Kier alpha value is -2.63. The van der Waals surface area contributed by atoms with Crippen LogP contribution in [0.25, 0.3) is 0 Å². The highest BCUT2D eigenvalue weighted by molar-refractivity contribution is 7.09. The Labute approximate surface area is 164 Å². The van der Waals surface area contributed by atoms with Crippen LogP contribution < -0.4 is 9.47 Å². The number of hydrogen-bond acceptors (Lipinski definition) is 8. The van der Waals surface area contributed by atoms with Crippen LogP contribution in [0.4, 0.5) is 0 Å². The summed E-state index contributed by atoms with van der Waals surface area (Å²) in [6, 6.07) is 4.76. The van der Waals surface area contributed by atoms with Crippen LogP contribution in [0.15, 0.2) is 17.5 Å². The van der Waals surface area contributed by atoms with Crippen LogP contribution in [-0.4, -0.2) is 36.6 Å². The fourth-order valence-electron chi connectivity index (χ4n) is 2.42. The molecule has 2 heterocycles. The SMILES string of the molecule is Cc1csc([C@@H](C#N)C(=O)COC(=O)c2cc(Cl)c3c(c2)OCCCO3)n1. The van der Waals surface area contributed by atoms with Gasteiger partial charge in [0.25, 0.3) is 0 Å². The van der Waals surface area contributed by atoms with Crippen LogP contribution >= 0.6 is 22.9 Å². The molecule has 0 fully saturated rings. The van der Waals surface area contributed by atoms with Crippen LogP contribution in [0.2, 0.25) is 5.02 Å². The number of thiazole rings is 1. The minimum Gasteiger partial charge on any atom is -0.489 e. The van der Waals surface area contributed by atoms with Gasteiger partial charge >= 0.3 is 5.97 Å². The number of carbonyl (C=O) groups excluding carboxylic acids is 2. The molecule has 2 aromatic rings. The van der Waals surface area contributed by atoms with Crippen molar-refractivity contribution < 1.29 is 23.8 Å². The fraction of sp³-hybridized carbons (Fsp3) is 0.333. The molecule has 0 amide bonds. The second kappa shape index (κ2) is 8.37. The Morgan fingerprint density at radius 1 is 1.41 bits per heavy atom. The van der Waals surface area contributed by atoms with E-state index in [-0.39, 0.29) is 10.6 Å². The first-order chi connectivity index (χ1) is 13.0. The Morgan fingerprint density at radius 2 is 2.19 bits per heavy atom. The lowest BCUT2D eigenvalue weighted by atomic mass is 10.1. The number of aromatic nitrogens is 1. The van der Waals surface area contributed by atoms with E-state index in [4.69, 9.17) is 25.8 Å². The molecule has 9 heteroatoms. The molecule has 0 aliphatic carbocycles. The summed E-state index contributed by atoms with van der Waals surface area (Å²) in [4.78, 5) is 28.7. The maximum atomic E-state index is 12.3. The van der Waals surface area contributed by atoms with E-state index in [2.05, 4.69) is 4.98 Å². The highest BCUT2D eigenvalue weighted by Gasteiger charge is 2.25. The second-order valence-electron chi connectivity index (χ2n) is 5.77. The van der Waals surface area contributed by atoms with E-state index >= 15 is 0 Å². The first kappa shape index (κ1) is 19.1. The molecular formula is C18H15ClN2O5S. The first-order valence-electron chi connectivity index (χ1n) is 8.10.